The molecule has 1 fully saturated rings. The van der Waals surface area contributed by atoms with Crippen molar-refractivity contribution >= 4 is 33.2 Å². The van der Waals surface area contributed by atoms with Crippen molar-refractivity contribution in [1.82, 2.24) is 5.32 Å². The molecule has 2 rings (SSSR count). The highest BCUT2D eigenvalue weighted by molar-refractivity contribution is 9.10. The molecule has 0 radical (unpaired) electrons. The lowest BCUT2D eigenvalue weighted by Crippen LogP contribution is -2.39. The first-order valence-corrected chi connectivity index (χ1v) is 6.03. The Morgan fingerprint density at radius 2 is 2.31 bits per heavy atom. The molecule has 2 nitrogen and oxygen atoms in total. The molecule has 0 aromatic carbocycles. The largest absolute Gasteiger partial charge is 0.349 e. The molecule has 1 N–H and O–H groups in total. The van der Waals surface area contributed by atoms with Crippen molar-refractivity contribution in [1.29, 1.82) is 0 Å². The number of carbonyl (C=O) groups is 1. The second-order valence-corrected chi connectivity index (χ2v) is 4.83. The van der Waals surface area contributed by atoms with Crippen LogP contribution in [-0.4, -0.2) is 11.9 Å². The van der Waals surface area contributed by atoms with Crippen molar-refractivity contribution in [3.8, 4) is 0 Å². The minimum Gasteiger partial charge on any atom is -0.349 e. The van der Waals surface area contributed by atoms with Crippen LogP contribution in [0, 0.1) is 0 Å². The normalized spacial score (nSPS) is 16.7. The molecular weight excluding hydrogens is 250 g/mol. The summed E-state index contributed by atoms with van der Waals surface area (Å²) < 4.78 is 0.898. The zero-order valence-electron chi connectivity index (χ0n) is 7.05. The Kier molecular flexibility index (Phi) is 2.69. The fraction of sp³-hybridized carbons (Fsp3) is 0.444. The van der Waals surface area contributed by atoms with Crippen LogP contribution in [0.25, 0.3) is 0 Å². The molecule has 0 atom stereocenters. The molecule has 13 heavy (non-hydrogen) atoms. The van der Waals surface area contributed by atoms with Gasteiger partial charge in [0.1, 0.15) is 0 Å². The predicted molar refractivity (Wildman–Crippen MR) is 57.1 cm³/mol. The highest BCUT2D eigenvalue weighted by Gasteiger charge is 2.21. The quantitative estimate of drug-likeness (QED) is 0.870. The molecule has 1 aliphatic carbocycles. The van der Waals surface area contributed by atoms with Crippen LogP contribution in [0.1, 0.15) is 29.6 Å². The first kappa shape index (κ1) is 9.21. The van der Waals surface area contributed by atoms with Gasteiger partial charge in [0, 0.05) is 21.3 Å². The van der Waals surface area contributed by atoms with Gasteiger partial charge >= 0.3 is 0 Å². The molecule has 0 bridgehead atoms. The number of amides is 1. The van der Waals surface area contributed by atoms with Crippen LogP contribution in [0.3, 0.4) is 0 Å². The third kappa shape index (κ3) is 1.94. The van der Waals surface area contributed by atoms with E-state index in [4.69, 9.17) is 0 Å². The van der Waals surface area contributed by atoms with E-state index in [-0.39, 0.29) is 5.91 Å². The molecule has 1 aromatic rings. The lowest BCUT2D eigenvalue weighted by atomic mass is 9.93. The number of hydrogen-bond donors (Lipinski definition) is 1. The third-order valence-corrected chi connectivity index (χ3v) is 4.00. The maximum absolute atomic E-state index is 11.6. The van der Waals surface area contributed by atoms with Crippen LogP contribution < -0.4 is 5.32 Å². The minimum atomic E-state index is 0.0535. The van der Waals surface area contributed by atoms with Crippen molar-refractivity contribution in [3.63, 3.8) is 0 Å². The SMILES string of the molecule is O=C(NC1CCC1)c1cscc1Br. The molecule has 0 aliphatic heterocycles. The van der Waals surface area contributed by atoms with Crippen LogP contribution >= 0.6 is 27.3 Å². The molecule has 0 spiro atoms. The Morgan fingerprint density at radius 1 is 1.54 bits per heavy atom. The van der Waals surface area contributed by atoms with Gasteiger partial charge in [0.05, 0.1) is 5.56 Å². The van der Waals surface area contributed by atoms with E-state index >= 15 is 0 Å². The lowest BCUT2D eigenvalue weighted by molar-refractivity contribution is 0.0916. The zero-order chi connectivity index (χ0) is 9.26. The average Bonchev–Trinajstić information content (AvgIpc) is 2.43. The Labute approximate surface area is 89.5 Å². The van der Waals surface area contributed by atoms with Gasteiger partial charge in [-0.2, -0.15) is 11.3 Å². The van der Waals surface area contributed by atoms with E-state index in [0.29, 0.717) is 6.04 Å². The third-order valence-electron chi connectivity index (χ3n) is 2.30. The average molecular weight is 260 g/mol. The van der Waals surface area contributed by atoms with Gasteiger partial charge in [-0.15, -0.1) is 0 Å². The second-order valence-electron chi connectivity index (χ2n) is 3.23. The molecule has 1 saturated carbocycles. The summed E-state index contributed by atoms with van der Waals surface area (Å²) in [5.41, 5.74) is 0.761. The number of thiophene rings is 1. The van der Waals surface area contributed by atoms with Gasteiger partial charge in [-0.3, -0.25) is 4.79 Å². The van der Waals surface area contributed by atoms with E-state index in [2.05, 4.69) is 21.2 Å². The standard InChI is InChI=1S/C9H10BrNOS/c10-8-5-13-4-7(8)9(12)11-6-2-1-3-6/h4-6H,1-3H2,(H,11,12). The van der Waals surface area contributed by atoms with Crippen molar-refractivity contribution < 1.29 is 4.79 Å². The fourth-order valence-electron chi connectivity index (χ4n) is 1.26. The first-order chi connectivity index (χ1) is 6.27. The van der Waals surface area contributed by atoms with Crippen LogP contribution in [0.15, 0.2) is 15.2 Å². The molecule has 1 amide bonds. The minimum absolute atomic E-state index is 0.0535. The smallest absolute Gasteiger partial charge is 0.253 e. The van der Waals surface area contributed by atoms with E-state index in [1.807, 2.05) is 10.8 Å². The van der Waals surface area contributed by atoms with Gasteiger partial charge in [0.15, 0.2) is 0 Å². The van der Waals surface area contributed by atoms with Crippen molar-refractivity contribution in [2.75, 3.05) is 0 Å². The van der Waals surface area contributed by atoms with Gasteiger partial charge in [0.25, 0.3) is 5.91 Å². The molecule has 0 saturated heterocycles. The maximum atomic E-state index is 11.6. The van der Waals surface area contributed by atoms with E-state index in [0.717, 1.165) is 22.9 Å². The molecule has 1 heterocycles. The highest BCUT2D eigenvalue weighted by atomic mass is 79.9. The van der Waals surface area contributed by atoms with Gasteiger partial charge < -0.3 is 5.32 Å². The molecule has 1 aromatic heterocycles. The number of rotatable bonds is 2. The van der Waals surface area contributed by atoms with Gasteiger partial charge in [0.2, 0.25) is 0 Å². The summed E-state index contributed by atoms with van der Waals surface area (Å²) in [6.45, 7) is 0. The summed E-state index contributed by atoms with van der Waals surface area (Å²) in [4.78, 5) is 11.6. The summed E-state index contributed by atoms with van der Waals surface area (Å²) in [5.74, 6) is 0.0535. The summed E-state index contributed by atoms with van der Waals surface area (Å²) in [6.07, 6.45) is 3.51. The van der Waals surface area contributed by atoms with E-state index < -0.39 is 0 Å². The number of halogens is 1. The van der Waals surface area contributed by atoms with Crippen LogP contribution in [0.5, 0.6) is 0 Å². The molecular formula is C9H10BrNOS. The van der Waals surface area contributed by atoms with Crippen LogP contribution in [0.4, 0.5) is 0 Å². The maximum Gasteiger partial charge on any atom is 0.253 e. The second kappa shape index (κ2) is 3.80. The molecule has 1 aliphatic rings. The summed E-state index contributed by atoms with van der Waals surface area (Å²) in [7, 11) is 0. The topological polar surface area (TPSA) is 29.1 Å². The summed E-state index contributed by atoms with van der Waals surface area (Å²) in [6, 6.07) is 0.416. The van der Waals surface area contributed by atoms with E-state index in [1.54, 1.807) is 0 Å². The monoisotopic (exact) mass is 259 g/mol. The number of carbonyl (C=O) groups excluding carboxylic acids is 1. The van der Waals surface area contributed by atoms with Crippen LogP contribution in [0.2, 0.25) is 0 Å². The Hall–Kier alpha value is -0.350. The summed E-state index contributed by atoms with van der Waals surface area (Å²) in [5, 5.41) is 6.80. The van der Waals surface area contributed by atoms with E-state index in [9.17, 15) is 4.79 Å². The highest BCUT2D eigenvalue weighted by Crippen LogP contribution is 2.23. The number of hydrogen-bond acceptors (Lipinski definition) is 2. The van der Waals surface area contributed by atoms with Gasteiger partial charge in [-0.25, -0.2) is 0 Å². The first-order valence-electron chi connectivity index (χ1n) is 4.30. The van der Waals surface area contributed by atoms with Crippen LogP contribution in [-0.2, 0) is 0 Å². The van der Waals surface area contributed by atoms with Gasteiger partial charge in [-0.1, -0.05) is 0 Å². The fourth-order valence-corrected chi connectivity index (χ4v) is 2.71. The van der Waals surface area contributed by atoms with Crippen molar-refractivity contribution in [2.24, 2.45) is 0 Å². The Morgan fingerprint density at radius 3 is 2.77 bits per heavy atom. The molecule has 4 heteroatoms. The Bertz CT molecular complexity index is 319. The molecule has 0 unspecified atom stereocenters. The predicted octanol–water partition coefficient (Wildman–Crippen LogP) is 2.79. The van der Waals surface area contributed by atoms with Gasteiger partial charge in [-0.05, 0) is 35.2 Å². The number of nitrogens with one attached hydrogen (secondary N) is 1. The summed E-state index contributed by atoms with van der Waals surface area (Å²) >= 11 is 4.89. The Balaban J connectivity index is 2.00. The van der Waals surface area contributed by atoms with Crippen molar-refractivity contribution in [2.45, 2.75) is 25.3 Å². The van der Waals surface area contributed by atoms with Crippen molar-refractivity contribution in [3.05, 3.63) is 20.8 Å². The van der Waals surface area contributed by atoms with E-state index in [1.165, 1.54) is 17.8 Å². The molecule has 70 valence electrons. The zero-order valence-corrected chi connectivity index (χ0v) is 9.45. The lowest BCUT2D eigenvalue weighted by Gasteiger charge is -2.26.